The van der Waals surface area contributed by atoms with Gasteiger partial charge in [0.25, 0.3) is 0 Å². The Bertz CT molecular complexity index is 876. The number of ether oxygens (including phenoxy) is 2. The van der Waals surface area contributed by atoms with Gasteiger partial charge in [-0.05, 0) is 24.3 Å². The van der Waals surface area contributed by atoms with Crippen LogP contribution in [0.3, 0.4) is 0 Å². The number of aliphatic hydroxyl groups excluding tert-OH is 1. The molecule has 2 bridgehead atoms. The summed E-state index contributed by atoms with van der Waals surface area (Å²) in [6, 6.07) is 18.3. The molecule has 0 aliphatic carbocycles. The van der Waals surface area contributed by atoms with Crippen LogP contribution < -0.4 is 15.5 Å². The molecule has 0 saturated carbocycles. The number of benzene rings is 2. The van der Waals surface area contributed by atoms with Crippen molar-refractivity contribution in [3.8, 4) is 0 Å². The first-order chi connectivity index (χ1) is 15.2. The van der Waals surface area contributed by atoms with E-state index in [-0.39, 0.29) is 18.2 Å². The summed E-state index contributed by atoms with van der Waals surface area (Å²) in [6.07, 6.45) is -1.61. The first-order valence-electron chi connectivity index (χ1n) is 10.8. The van der Waals surface area contributed by atoms with Crippen LogP contribution in [0.4, 0.5) is 16.2 Å². The Morgan fingerprint density at radius 2 is 1.65 bits per heavy atom. The van der Waals surface area contributed by atoms with E-state index in [0.717, 1.165) is 26.2 Å². The van der Waals surface area contributed by atoms with Crippen molar-refractivity contribution in [2.75, 3.05) is 43.0 Å². The van der Waals surface area contributed by atoms with Crippen LogP contribution in [0, 0.1) is 0 Å². The van der Waals surface area contributed by atoms with Crippen molar-refractivity contribution in [2.45, 2.75) is 30.6 Å². The highest BCUT2D eigenvalue weighted by atomic mass is 16.7. The predicted octanol–water partition coefficient (Wildman–Crippen LogP) is 1.48. The van der Waals surface area contributed by atoms with Gasteiger partial charge in [0.1, 0.15) is 6.10 Å². The maximum absolute atomic E-state index is 12.5. The van der Waals surface area contributed by atoms with Gasteiger partial charge in [0.15, 0.2) is 6.29 Å². The Kier molecular flexibility index (Phi) is 5.78. The van der Waals surface area contributed by atoms with Crippen LogP contribution in [0.2, 0.25) is 0 Å². The van der Waals surface area contributed by atoms with Crippen molar-refractivity contribution in [2.24, 2.45) is 0 Å². The molecule has 5 unspecified atom stereocenters. The fraction of sp³-hybridized carbons (Fsp3) is 0.435. The summed E-state index contributed by atoms with van der Waals surface area (Å²) < 4.78 is 11.9. The molecular formula is C23H28N4O4. The third-order valence-corrected chi connectivity index (χ3v) is 6.32. The molecule has 8 heteroatoms. The van der Waals surface area contributed by atoms with Crippen molar-refractivity contribution >= 4 is 17.4 Å². The Morgan fingerprint density at radius 3 is 2.35 bits per heavy atom. The first-order valence-corrected chi connectivity index (χ1v) is 10.8. The molecule has 3 aliphatic rings. The number of piperazine rings is 1. The van der Waals surface area contributed by atoms with E-state index in [1.165, 1.54) is 5.69 Å². The van der Waals surface area contributed by atoms with Crippen LogP contribution in [0.1, 0.15) is 0 Å². The number of carbonyl (C=O) groups is 1. The topological polar surface area (TPSA) is 86.3 Å². The van der Waals surface area contributed by atoms with E-state index in [9.17, 15) is 9.90 Å². The lowest BCUT2D eigenvalue weighted by Gasteiger charge is -2.47. The molecule has 0 spiro atoms. The summed E-state index contributed by atoms with van der Waals surface area (Å²) in [4.78, 5) is 17.1. The largest absolute Gasteiger partial charge is 0.389 e. The molecule has 8 nitrogen and oxygen atoms in total. The molecule has 5 rings (SSSR count). The number of carbonyl (C=O) groups excluding carboxylic acids is 1. The van der Waals surface area contributed by atoms with Crippen LogP contribution in [-0.2, 0) is 9.47 Å². The second-order valence-corrected chi connectivity index (χ2v) is 8.21. The number of nitrogens with one attached hydrogen (secondary N) is 2. The van der Waals surface area contributed by atoms with Gasteiger partial charge in [-0.15, -0.1) is 0 Å². The van der Waals surface area contributed by atoms with E-state index in [1.54, 1.807) is 0 Å². The van der Waals surface area contributed by atoms with Gasteiger partial charge in [-0.25, -0.2) is 4.79 Å². The average Bonchev–Trinajstić information content (AvgIpc) is 3.24. The van der Waals surface area contributed by atoms with E-state index in [0.29, 0.717) is 12.3 Å². The first kappa shape index (κ1) is 20.3. The number of aliphatic hydroxyl groups is 1. The van der Waals surface area contributed by atoms with Gasteiger partial charge in [0.05, 0.1) is 24.8 Å². The third-order valence-electron chi connectivity index (χ3n) is 6.32. The van der Waals surface area contributed by atoms with Gasteiger partial charge >= 0.3 is 6.03 Å². The summed E-state index contributed by atoms with van der Waals surface area (Å²) in [7, 11) is 0. The predicted molar refractivity (Wildman–Crippen MR) is 117 cm³/mol. The fourth-order valence-electron chi connectivity index (χ4n) is 4.72. The van der Waals surface area contributed by atoms with Gasteiger partial charge in [-0.2, -0.15) is 0 Å². The number of hydrogen-bond donors (Lipinski definition) is 3. The quantitative estimate of drug-likeness (QED) is 0.690. The molecule has 5 atom stereocenters. The van der Waals surface area contributed by atoms with Crippen LogP contribution >= 0.6 is 0 Å². The molecule has 0 radical (unpaired) electrons. The van der Waals surface area contributed by atoms with Gasteiger partial charge in [-0.1, -0.05) is 36.4 Å². The van der Waals surface area contributed by atoms with Crippen LogP contribution in [-0.4, -0.2) is 79.4 Å². The molecule has 31 heavy (non-hydrogen) atoms. The average molecular weight is 425 g/mol. The number of para-hydroxylation sites is 2. The molecule has 3 heterocycles. The number of nitrogens with zero attached hydrogens (tertiary/aromatic N) is 2. The molecule has 164 valence electrons. The van der Waals surface area contributed by atoms with Gasteiger partial charge in [0, 0.05) is 37.6 Å². The lowest BCUT2D eigenvalue weighted by molar-refractivity contribution is -0.181. The van der Waals surface area contributed by atoms with Crippen molar-refractivity contribution in [3.05, 3.63) is 60.7 Å². The maximum atomic E-state index is 12.5. The molecule has 2 aromatic carbocycles. The standard InChI is InChI=1S/C23H28N4O4/c28-21-19(25-23(29)24-16-7-3-1-4-8-16)18-15-30-22(31-18)20(21)27-13-11-26(12-14-27)17-9-5-2-6-10-17/h1-10,18-22,28H,11-15H2,(H2,24,25,29). The highest BCUT2D eigenvalue weighted by Gasteiger charge is 2.52. The highest BCUT2D eigenvalue weighted by molar-refractivity contribution is 5.89. The zero-order chi connectivity index (χ0) is 21.2. The molecule has 3 aliphatic heterocycles. The smallest absolute Gasteiger partial charge is 0.319 e. The fourth-order valence-corrected chi connectivity index (χ4v) is 4.72. The maximum Gasteiger partial charge on any atom is 0.319 e. The third kappa shape index (κ3) is 4.24. The van der Waals surface area contributed by atoms with Crippen LogP contribution in [0.25, 0.3) is 0 Å². The highest BCUT2D eigenvalue weighted by Crippen LogP contribution is 2.32. The number of amides is 2. The number of urea groups is 1. The summed E-state index contributed by atoms with van der Waals surface area (Å²) >= 11 is 0. The monoisotopic (exact) mass is 424 g/mol. The number of hydrogen-bond acceptors (Lipinski definition) is 6. The van der Waals surface area contributed by atoms with Gasteiger partial charge in [0.2, 0.25) is 0 Å². The zero-order valence-corrected chi connectivity index (χ0v) is 17.3. The molecule has 0 aromatic heterocycles. The second-order valence-electron chi connectivity index (χ2n) is 8.21. The minimum Gasteiger partial charge on any atom is -0.389 e. The molecule has 3 fully saturated rings. The summed E-state index contributed by atoms with van der Waals surface area (Å²) in [5, 5.41) is 16.9. The van der Waals surface area contributed by atoms with Crippen LogP contribution in [0.5, 0.6) is 0 Å². The summed E-state index contributed by atoms with van der Waals surface area (Å²) in [5.41, 5.74) is 1.90. The molecule has 3 saturated heterocycles. The zero-order valence-electron chi connectivity index (χ0n) is 17.3. The minimum absolute atomic E-state index is 0.321. The number of anilines is 2. The normalized spacial score (nSPS) is 30.7. The molecule has 2 amide bonds. The number of rotatable bonds is 4. The number of fused-ring (bicyclic) bond motifs is 2. The Hall–Kier alpha value is -2.65. The Morgan fingerprint density at radius 1 is 0.968 bits per heavy atom. The SMILES string of the molecule is O=C(Nc1ccccc1)NC1C2COC(O2)C(N2CCN(c3ccccc3)CC2)C1O. The van der Waals surface area contributed by atoms with Crippen LogP contribution in [0.15, 0.2) is 60.7 Å². The van der Waals surface area contributed by atoms with Crippen molar-refractivity contribution < 1.29 is 19.4 Å². The van der Waals surface area contributed by atoms with Gasteiger partial charge in [-0.3, -0.25) is 4.90 Å². The lowest BCUT2D eigenvalue weighted by atomic mass is 9.94. The van der Waals surface area contributed by atoms with Gasteiger partial charge < -0.3 is 30.1 Å². The molecule has 2 aromatic rings. The Labute approximate surface area is 181 Å². The summed E-state index contributed by atoms with van der Waals surface area (Å²) in [6.45, 7) is 3.64. The van der Waals surface area contributed by atoms with E-state index < -0.39 is 18.4 Å². The Balaban J connectivity index is 1.23. The minimum atomic E-state index is -0.781. The van der Waals surface area contributed by atoms with E-state index in [1.807, 2.05) is 48.5 Å². The lowest BCUT2D eigenvalue weighted by Crippen LogP contribution is -2.67. The summed E-state index contributed by atoms with van der Waals surface area (Å²) in [5.74, 6) is 0. The molecule has 3 N–H and O–H groups in total. The van der Waals surface area contributed by atoms with Crippen molar-refractivity contribution in [1.29, 1.82) is 0 Å². The van der Waals surface area contributed by atoms with E-state index >= 15 is 0 Å². The van der Waals surface area contributed by atoms with E-state index in [4.69, 9.17) is 9.47 Å². The molecular weight excluding hydrogens is 396 g/mol. The van der Waals surface area contributed by atoms with Crippen molar-refractivity contribution in [3.63, 3.8) is 0 Å². The second kappa shape index (κ2) is 8.84. The van der Waals surface area contributed by atoms with Crippen molar-refractivity contribution in [1.82, 2.24) is 10.2 Å². The van der Waals surface area contributed by atoms with E-state index in [2.05, 4.69) is 32.6 Å².